The van der Waals surface area contributed by atoms with Crippen molar-refractivity contribution in [2.75, 3.05) is 18.1 Å². The lowest BCUT2D eigenvalue weighted by atomic mass is 10.1. The molecular formula is C19H18N2O5. The molecule has 0 spiro atoms. The lowest BCUT2D eigenvalue weighted by molar-refractivity contribution is -0.117. The summed E-state index contributed by atoms with van der Waals surface area (Å²) < 4.78 is 5.01. The number of nitrogens with zero attached hydrogens (tertiary/aromatic N) is 1. The quantitative estimate of drug-likeness (QED) is 0.635. The maximum absolute atomic E-state index is 12.3. The van der Waals surface area contributed by atoms with Crippen LogP contribution in [0.2, 0.25) is 0 Å². The Bertz CT molecular complexity index is 884. The van der Waals surface area contributed by atoms with E-state index in [2.05, 4.69) is 4.98 Å². The lowest BCUT2D eigenvalue weighted by Crippen LogP contribution is -2.24. The van der Waals surface area contributed by atoms with Gasteiger partial charge in [0.05, 0.1) is 0 Å². The Kier molecular flexibility index (Phi) is 4.97. The Morgan fingerprint density at radius 1 is 1.19 bits per heavy atom. The predicted octanol–water partition coefficient (Wildman–Crippen LogP) is 2.38. The van der Waals surface area contributed by atoms with Crippen LogP contribution >= 0.6 is 0 Å². The van der Waals surface area contributed by atoms with Gasteiger partial charge in [0.25, 0.3) is 0 Å². The molecule has 1 aromatic carbocycles. The van der Waals surface area contributed by atoms with Crippen molar-refractivity contribution in [2.24, 2.45) is 0 Å². The fraction of sp³-hybridized carbons (Fsp3) is 0.263. The first-order chi connectivity index (χ1) is 12.5. The first kappa shape index (κ1) is 17.6. The number of ether oxygens (including phenoxy) is 1. The van der Waals surface area contributed by atoms with Gasteiger partial charge in [-0.05, 0) is 31.5 Å². The Balaban J connectivity index is 1.63. The fourth-order valence-electron chi connectivity index (χ4n) is 2.78. The first-order valence-corrected chi connectivity index (χ1v) is 8.26. The molecule has 1 N–H and O–H groups in total. The number of hydrogen-bond donors (Lipinski definition) is 1. The van der Waals surface area contributed by atoms with Crippen LogP contribution in [-0.2, 0) is 9.53 Å². The number of benzene rings is 1. The third kappa shape index (κ3) is 3.72. The van der Waals surface area contributed by atoms with E-state index in [9.17, 15) is 19.2 Å². The molecule has 26 heavy (non-hydrogen) atoms. The van der Waals surface area contributed by atoms with Crippen LogP contribution in [0, 0.1) is 0 Å². The Morgan fingerprint density at radius 2 is 2.00 bits per heavy atom. The highest BCUT2D eigenvalue weighted by molar-refractivity contribution is 6.02. The molecule has 0 saturated carbocycles. The molecule has 1 amide bonds. The molecule has 7 nitrogen and oxygen atoms in total. The summed E-state index contributed by atoms with van der Waals surface area (Å²) >= 11 is 0. The van der Waals surface area contributed by atoms with Gasteiger partial charge in [-0.2, -0.15) is 0 Å². The van der Waals surface area contributed by atoms with Crippen LogP contribution in [0.15, 0.2) is 36.5 Å². The van der Waals surface area contributed by atoms with E-state index in [0.717, 1.165) is 6.42 Å². The monoisotopic (exact) mass is 354 g/mol. The largest absolute Gasteiger partial charge is 0.453 e. The number of carbonyl (C=O) groups excluding carboxylic acids is 4. The number of aromatic amines is 1. The van der Waals surface area contributed by atoms with Crippen molar-refractivity contribution >= 4 is 29.1 Å². The fourth-order valence-corrected chi connectivity index (χ4v) is 2.78. The average molecular weight is 354 g/mol. The van der Waals surface area contributed by atoms with E-state index in [1.165, 1.54) is 19.2 Å². The smallest absolute Gasteiger partial charge is 0.355 e. The van der Waals surface area contributed by atoms with Gasteiger partial charge in [-0.3, -0.25) is 14.4 Å². The molecule has 1 aliphatic rings. The zero-order valence-electron chi connectivity index (χ0n) is 14.3. The predicted molar refractivity (Wildman–Crippen MR) is 93.4 cm³/mol. The molecule has 0 radical (unpaired) electrons. The van der Waals surface area contributed by atoms with Gasteiger partial charge in [0.15, 0.2) is 18.2 Å². The Labute approximate surface area is 149 Å². The molecule has 0 aliphatic carbocycles. The number of amides is 1. The summed E-state index contributed by atoms with van der Waals surface area (Å²) in [6.07, 6.45) is 2.72. The van der Waals surface area contributed by atoms with Gasteiger partial charge < -0.3 is 14.6 Å². The molecule has 2 heterocycles. The van der Waals surface area contributed by atoms with Crippen LogP contribution in [-0.4, -0.2) is 41.6 Å². The van der Waals surface area contributed by atoms with E-state index < -0.39 is 12.6 Å². The molecule has 0 unspecified atom stereocenters. The van der Waals surface area contributed by atoms with Crippen LogP contribution in [0.3, 0.4) is 0 Å². The summed E-state index contributed by atoms with van der Waals surface area (Å²) in [4.78, 5) is 51.6. The minimum atomic E-state index is -0.711. The summed E-state index contributed by atoms with van der Waals surface area (Å²) in [5.74, 6) is -1.22. The normalized spacial score (nSPS) is 13.7. The van der Waals surface area contributed by atoms with E-state index in [4.69, 9.17) is 4.74 Å². The van der Waals surface area contributed by atoms with Crippen LogP contribution < -0.4 is 4.90 Å². The van der Waals surface area contributed by atoms with Crippen molar-refractivity contribution in [1.82, 2.24) is 4.98 Å². The van der Waals surface area contributed by atoms with Crippen molar-refractivity contribution in [1.29, 1.82) is 0 Å². The molecule has 7 heteroatoms. The van der Waals surface area contributed by atoms with E-state index in [1.54, 1.807) is 29.2 Å². The molecule has 1 fully saturated rings. The van der Waals surface area contributed by atoms with Crippen molar-refractivity contribution in [3.63, 3.8) is 0 Å². The van der Waals surface area contributed by atoms with Crippen LogP contribution in [0.25, 0.3) is 0 Å². The summed E-state index contributed by atoms with van der Waals surface area (Å²) in [6.45, 7) is 1.60. The second-order valence-electron chi connectivity index (χ2n) is 6.06. The molecule has 134 valence electrons. The zero-order chi connectivity index (χ0) is 18.7. The molecule has 0 bridgehead atoms. The number of rotatable bonds is 6. The molecule has 1 aliphatic heterocycles. The van der Waals surface area contributed by atoms with Gasteiger partial charge in [-0.15, -0.1) is 0 Å². The third-order valence-electron chi connectivity index (χ3n) is 4.20. The van der Waals surface area contributed by atoms with Gasteiger partial charge in [-0.1, -0.05) is 12.1 Å². The Hall–Kier alpha value is -3.22. The number of aromatic nitrogens is 1. The van der Waals surface area contributed by atoms with Crippen LogP contribution in [0.5, 0.6) is 0 Å². The number of ketones is 2. The number of esters is 1. The number of H-pyrrole nitrogens is 1. The molecular weight excluding hydrogens is 336 g/mol. The number of anilines is 1. The maximum atomic E-state index is 12.3. The summed E-state index contributed by atoms with van der Waals surface area (Å²) in [6, 6.07) is 8.09. The number of nitrogens with one attached hydrogen (secondary N) is 1. The van der Waals surface area contributed by atoms with Gasteiger partial charge in [0.1, 0.15) is 5.69 Å². The lowest BCUT2D eigenvalue weighted by Gasteiger charge is -2.16. The number of carbonyl (C=O) groups is 4. The minimum Gasteiger partial charge on any atom is -0.453 e. The summed E-state index contributed by atoms with van der Waals surface area (Å²) in [5, 5.41) is 0. The van der Waals surface area contributed by atoms with Gasteiger partial charge >= 0.3 is 5.97 Å². The van der Waals surface area contributed by atoms with E-state index in [-0.39, 0.29) is 23.2 Å². The van der Waals surface area contributed by atoms with Crippen molar-refractivity contribution < 1.29 is 23.9 Å². The molecule has 1 aromatic heterocycles. The Morgan fingerprint density at radius 3 is 2.65 bits per heavy atom. The summed E-state index contributed by atoms with van der Waals surface area (Å²) in [5.41, 5.74) is 1.51. The van der Waals surface area contributed by atoms with E-state index >= 15 is 0 Å². The summed E-state index contributed by atoms with van der Waals surface area (Å²) in [7, 11) is 0. The standard InChI is InChI=1S/C19H18N2O5/c1-12(22)14-9-16(20-10-14)19(25)26-11-17(23)13-4-2-5-15(8-13)21-7-3-6-18(21)24/h2,4-5,8-10,20H,3,6-7,11H2,1H3. The highest BCUT2D eigenvalue weighted by Crippen LogP contribution is 2.22. The van der Waals surface area contributed by atoms with E-state index in [1.807, 2.05) is 0 Å². The second-order valence-corrected chi connectivity index (χ2v) is 6.06. The zero-order valence-corrected chi connectivity index (χ0v) is 14.3. The van der Waals surface area contributed by atoms with Gasteiger partial charge in [0.2, 0.25) is 5.91 Å². The first-order valence-electron chi connectivity index (χ1n) is 8.26. The minimum absolute atomic E-state index is 0.0362. The third-order valence-corrected chi connectivity index (χ3v) is 4.20. The molecule has 3 rings (SSSR count). The van der Waals surface area contributed by atoms with Crippen LogP contribution in [0.4, 0.5) is 5.69 Å². The van der Waals surface area contributed by atoms with Crippen molar-refractivity contribution in [2.45, 2.75) is 19.8 Å². The van der Waals surface area contributed by atoms with E-state index in [0.29, 0.717) is 29.8 Å². The topological polar surface area (TPSA) is 96.5 Å². The van der Waals surface area contributed by atoms with Gasteiger partial charge in [-0.25, -0.2) is 4.79 Å². The molecule has 2 aromatic rings. The number of Topliss-reactive ketones (excluding diaryl/α,β-unsaturated/α-hetero) is 2. The highest BCUT2D eigenvalue weighted by atomic mass is 16.5. The van der Waals surface area contributed by atoms with Gasteiger partial charge in [0, 0.05) is 36.0 Å². The number of hydrogen-bond acceptors (Lipinski definition) is 5. The molecule has 1 saturated heterocycles. The highest BCUT2D eigenvalue weighted by Gasteiger charge is 2.22. The molecule has 0 atom stereocenters. The van der Waals surface area contributed by atoms with Crippen molar-refractivity contribution in [3.05, 3.63) is 53.3 Å². The van der Waals surface area contributed by atoms with Crippen LogP contribution in [0.1, 0.15) is 51.0 Å². The maximum Gasteiger partial charge on any atom is 0.355 e. The average Bonchev–Trinajstić information content (AvgIpc) is 3.28. The van der Waals surface area contributed by atoms with Crippen molar-refractivity contribution in [3.8, 4) is 0 Å². The second kappa shape index (κ2) is 7.35. The SMILES string of the molecule is CC(=O)c1c[nH]c(C(=O)OCC(=O)c2cccc(N3CCCC3=O)c2)c1.